The summed E-state index contributed by atoms with van der Waals surface area (Å²) in [5.74, 6) is 0. The van der Waals surface area contributed by atoms with Gasteiger partial charge in [0.05, 0.1) is 11.6 Å². The van der Waals surface area contributed by atoms with Crippen molar-refractivity contribution in [2.24, 2.45) is 0 Å². The number of carbonyl (C=O) groups is 1. The standard InChI is InChI=1S/C17H24N4O/c1-2-3-4-8-20-9-11-21(12-10-20)17(22)19-16-7-5-6-15(13-16)14-18/h5-7,13H,2-4,8-12H2,1H3,(H,19,22). The molecule has 2 rings (SSSR count). The van der Waals surface area contributed by atoms with Crippen LogP contribution in [0.15, 0.2) is 24.3 Å². The van der Waals surface area contributed by atoms with Gasteiger partial charge in [0, 0.05) is 31.9 Å². The summed E-state index contributed by atoms with van der Waals surface area (Å²) in [5, 5.41) is 11.8. The van der Waals surface area contributed by atoms with E-state index in [1.54, 1.807) is 24.3 Å². The van der Waals surface area contributed by atoms with E-state index in [4.69, 9.17) is 5.26 Å². The second-order valence-electron chi connectivity index (χ2n) is 5.66. The molecule has 0 bridgehead atoms. The maximum atomic E-state index is 12.2. The van der Waals surface area contributed by atoms with E-state index >= 15 is 0 Å². The van der Waals surface area contributed by atoms with Gasteiger partial charge >= 0.3 is 6.03 Å². The SMILES string of the molecule is CCCCCN1CCN(C(=O)Nc2cccc(C#N)c2)CC1. The number of nitrogens with zero attached hydrogens (tertiary/aromatic N) is 3. The van der Waals surface area contributed by atoms with E-state index in [1.165, 1.54) is 19.3 Å². The molecule has 1 saturated heterocycles. The minimum Gasteiger partial charge on any atom is -0.322 e. The summed E-state index contributed by atoms with van der Waals surface area (Å²) in [5.41, 5.74) is 1.23. The minimum absolute atomic E-state index is 0.0803. The average molecular weight is 300 g/mol. The van der Waals surface area contributed by atoms with Crippen LogP contribution in [0.5, 0.6) is 0 Å². The van der Waals surface area contributed by atoms with Gasteiger partial charge < -0.3 is 10.2 Å². The summed E-state index contributed by atoms with van der Waals surface area (Å²) in [4.78, 5) is 16.5. The number of piperazine rings is 1. The number of hydrogen-bond donors (Lipinski definition) is 1. The molecule has 22 heavy (non-hydrogen) atoms. The topological polar surface area (TPSA) is 59.4 Å². The fourth-order valence-electron chi connectivity index (χ4n) is 2.63. The molecule has 0 aliphatic carbocycles. The van der Waals surface area contributed by atoms with Gasteiger partial charge in [0.25, 0.3) is 0 Å². The smallest absolute Gasteiger partial charge is 0.321 e. The van der Waals surface area contributed by atoms with Gasteiger partial charge in [-0.25, -0.2) is 4.79 Å². The number of unbranched alkanes of at least 4 members (excludes halogenated alkanes) is 2. The molecule has 0 radical (unpaired) electrons. The number of nitriles is 1. The number of hydrogen-bond acceptors (Lipinski definition) is 3. The molecule has 1 aliphatic rings. The normalized spacial score (nSPS) is 15.4. The van der Waals surface area contributed by atoms with Gasteiger partial charge in [-0.15, -0.1) is 0 Å². The highest BCUT2D eigenvalue weighted by Crippen LogP contribution is 2.12. The average Bonchev–Trinajstić information content (AvgIpc) is 2.56. The van der Waals surface area contributed by atoms with E-state index < -0.39 is 0 Å². The van der Waals surface area contributed by atoms with Crippen molar-refractivity contribution in [3.05, 3.63) is 29.8 Å². The van der Waals surface area contributed by atoms with E-state index in [0.29, 0.717) is 11.3 Å². The summed E-state index contributed by atoms with van der Waals surface area (Å²) in [6.45, 7) is 6.74. The molecule has 1 fully saturated rings. The Morgan fingerprint density at radius 3 is 2.73 bits per heavy atom. The number of benzene rings is 1. The first-order chi connectivity index (χ1) is 10.7. The van der Waals surface area contributed by atoms with E-state index in [0.717, 1.165) is 32.7 Å². The van der Waals surface area contributed by atoms with Crippen LogP contribution in [0, 0.1) is 11.3 Å². The molecule has 0 aromatic heterocycles. The maximum Gasteiger partial charge on any atom is 0.321 e. The minimum atomic E-state index is -0.0803. The van der Waals surface area contributed by atoms with Crippen LogP contribution < -0.4 is 5.32 Å². The Morgan fingerprint density at radius 2 is 2.05 bits per heavy atom. The summed E-state index contributed by atoms with van der Waals surface area (Å²) < 4.78 is 0. The lowest BCUT2D eigenvalue weighted by Crippen LogP contribution is -2.50. The summed E-state index contributed by atoms with van der Waals surface area (Å²) in [6.07, 6.45) is 3.75. The molecule has 118 valence electrons. The lowest BCUT2D eigenvalue weighted by molar-refractivity contribution is 0.146. The zero-order chi connectivity index (χ0) is 15.8. The van der Waals surface area contributed by atoms with Gasteiger partial charge in [0.15, 0.2) is 0 Å². The van der Waals surface area contributed by atoms with Crippen molar-refractivity contribution in [1.82, 2.24) is 9.80 Å². The number of carbonyl (C=O) groups excluding carboxylic acids is 1. The van der Waals surface area contributed by atoms with Crippen LogP contribution in [0.25, 0.3) is 0 Å². The molecule has 1 heterocycles. The van der Waals surface area contributed by atoms with Crippen molar-refractivity contribution in [2.75, 3.05) is 38.0 Å². The molecule has 5 nitrogen and oxygen atoms in total. The third-order valence-electron chi connectivity index (χ3n) is 3.98. The maximum absolute atomic E-state index is 12.2. The first kappa shape index (κ1) is 16.3. The van der Waals surface area contributed by atoms with Gasteiger partial charge in [-0.3, -0.25) is 4.90 Å². The van der Waals surface area contributed by atoms with Crippen molar-refractivity contribution in [2.45, 2.75) is 26.2 Å². The predicted octanol–water partition coefficient (Wildman–Crippen LogP) is 2.90. The van der Waals surface area contributed by atoms with Crippen LogP contribution in [0.3, 0.4) is 0 Å². The molecule has 0 saturated carbocycles. The first-order valence-electron chi connectivity index (χ1n) is 8.01. The molecule has 2 amide bonds. The second kappa shape index (κ2) is 8.40. The summed E-state index contributed by atoms with van der Waals surface area (Å²) >= 11 is 0. The highest BCUT2D eigenvalue weighted by atomic mass is 16.2. The fraction of sp³-hybridized carbons (Fsp3) is 0.529. The van der Waals surface area contributed by atoms with E-state index in [1.807, 2.05) is 4.90 Å². The molecule has 1 aliphatic heterocycles. The molecule has 5 heteroatoms. The van der Waals surface area contributed by atoms with Crippen molar-refractivity contribution in [3.8, 4) is 6.07 Å². The van der Waals surface area contributed by atoms with Gasteiger partial charge in [0.2, 0.25) is 0 Å². The third-order valence-corrected chi connectivity index (χ3v) is 3.98. The quantitative estimate of drug-likeness (QED) is 0.851. The largest absolute Gasteiger partial charge is 0.322 e. The van der Waals surface area contributed by atoms with E-state index in [9.17, 15) is 4.79 Å². The second-order valence-corrected chi connectivity index (χ2v) is 5.66. The van der Waals surface area contributed by atoms with Crippen molar-refractivity contribution >= 4 is 11.7 Å². The van der Waals surface area contributed by atoms with Gasteiger partial charge in [-0.1, -0.05) is 25.8 Å². The van der Waals surface area contributed by atoms with Crippen molar-refractivity contribution < 1.29 is 4.79 Å². The Balaban J connectivity index is 1.78. The summed E-state index contributed by atoms with van der Waals surface area (Å²) in [6, 6.07) is 9.00. The number of urea groups is 1. The molecule has 1 N–H and O–H groups in total. The zero-order valence-corrected chi connectivity index (χ0v) is 13.2. The Bertz CT molecular complexity index is 530. The van der Waals surface area contributed by atoms with Crippen LogP contribution in [0.1, 0.15) is 31.7 Å². The fourth-order valence-corrected chi connectivity index (χ4v) is 2.63. The first-order valence-corrected chi connectivity index (χ1v) is 8.01. The summed E-state index contributed by atoms with van der Waals surface area (Å²) in [7, 11) is 0. The lowest BCUT2D eigenvalue weighted by atomic mass is 10.2. The number of anilines is 1. The highest BCUT2D eigenvalue weighted by molar-refractivity contribution is 5.89. The van der Waals surface area contributed by atoms with Crippen LogP contribution in [-0.4, -0.2) is 48.6 Å². The Morgan fingerprint density at radius 1 is 1.27 bits per heavy atom. The Labute approximate surface area is 132 Å². The lowest BCUT2D eigenvalue weighted by Gasteiger charge is -2.34. The van der Waals surface area contributed by atoms with Crippen molar-refractivity contribution in [1.29, 1.82) is 5.26 Å². The van der Waals surface area contributed by atoms with Crippen LogP contribution >= 0.6 is 0 Å². The third kappa shape index (κ3) is 4.74. The number of nitrogens with one attached hydrogen (secondary N) is 1. The molecule has 1 aromatic carbocycles. The zero-order valence-electron chi connectivity index (χ0n) is 13.2. The van der Waals surface area contributed by atoms with Gasteiger partial charge in [-0.05, 0) is 31.2 Å². The Kier molecular flexibility index (Phi) is 6.23. The van der Waals surface area contributed by atoms with Gasteiger partial charge in [-0.2, -0.15) is 5.26 Å². The van der Waals surface area contributed by atoms with E-state index in [-0.39, 0.29) is 6.03 Å². The molecule has 1 aromatic rings. The van der Waals surface area contributed by atoms with Crippen LogP contribution in [0.2, 0.25) is 0 Å². The molecular formula is C17H24N4O. The molecule has 0 atom stereocenters. The Hall–Kier alpha value is -2.06. The van der Waals surface area contributed by atoms with E-state index in [2.05, 4.69) is 23.2 Å². The number of amides is 2. The van der Waals surface area contributed by atoms with Gasteiger partial charge in [0.1, 0.15) is 0 Å². The molecule has 0 unspecified atom stereocenters. The van der Waals surface area contributed by atoms with Crippen LogP contribution in [-0.2, 0) is 0 Å². The monoisotopic (exact) mass is 300 g/mol. The van der Waals surface area contributed by atoms with Crippen molar-refractivity contribution in [3.63, 3.8) is 0 Å². The molecule has 0 spiro atoms. The number of rotatable bonds is 5. The highest BCUT2D eigenvalue weighted by Gasteiger charge is 2.20. The molecular weight excluding hydrogens is 276 g/mol. The predicted molar refractivity (Wildman–Crippen MR) is 87.7 cm³/mol. The van der Waals surface area contributed by atoms with Crippen LogP contribution in [0.4, 0.5) is 10.5 Å².